The largest absolute Gasteiger partial charge is 0.380 e. The Morgan fingerprint density at radius 1 is 1.23 bits per heavy atom. The molecule has 1 aliphatic rings. The quantitative estimate of drug-likeness (QED) is 0.793. The molecule has 2 aromatic rings. The molecule has 0 bridgehead atoms. The van der Waals surface area contributed by atoms with Gasteiger partial charge in [0.25, 0.3) is 0 Å². The van der Waals surface area contributed by atoms with E-state index in [9.17, 15) is 4.79 Å². The van der Waals surface area contributed by atoms with Gasteiger partial charge in [0.15, 0.2) is 0 Å². The lowest BCUT2D eigenvalue weighted by Crippen LogP contribution is -2.30. The monoisotopic (exact) mass is 296 g/mol. The Kier molecular flexibility index (Phi) is 4.23. The Morgan fingerprint density at radius 3 is 2.73 bits per heavy atom. The number of anilines is 2. The smallest absolute Gasteiger partial charge is 0.320 e. The molecular formula is C17H20N4O. The molecule has 1 aliphatic carbocycles. The van der Waals surface area contributed by atoms with Crippen LogP contribution in [0.3, 0.4) is 0 Å². The van der Waals surface area contributed by atoms with E-state index >= 15 is 0 Å². The zero-order chi connectivity index (χ0) is 15.4. The van der Waals surface area contributed by atoms with Crippen LogP contribution >= 0.6 is 0 Å². The SMILES string of the molecule is Cc1ccccc1CNc1ccc(NC(=O)NC2CC2)nc1. The molecule has 3 N–H and O–H groups in total. The molecule has 1 aromatic heterocycles. The van der Waals surface area contributed by atoms with Gasteiger partial charge in [0, 0.05) is 12.6 Å². The standard InChI is InChI=1S/C17H20N4O/c1-12-4-2-3-5-13(12)10-18-15-8-9-16(19-11-15)21-17(22)20-14-6-7-14/h2-5,8-9,11,14,18H,6-7,10H2,1H3,(H2,19,20,21,22). The fraction of sp³-hybridized carbons (Fsp3) is 0.294. The van der Waals surface area contributed by atoms with Crippen molar-refractivity contribution in [2.75, 3.05) is 10.6 Å². The van der Waals surface area contributed by atoms with E-state index in [1.54, 1.807) is 12.3 Å². The highest BCUT2D eigenvalue weighted by Gasteiger charge is 2.23. The number of hydrogen-bond acceptors (Lipinski definition) is 3. The van der Waals surface area contributed by atoms with E-state index in [1.807, 2.05) is 18.2 Å². The van der Waals surface area contributed by atoms with Gasteiger partial charge in [-0.2, -0.15) is 0 Å². The number of nitrogens with zero attached hydrogens (tertiary/aromatic N) is 1. The van der Waals surface area contributed by atoms with Gasteiger partial charge in [-0.05, 0) is 43.0 Å². The minimum Gasteiger partial charge on any atom is -0.380 e. The predicted octanol–water partition coefficient (Wildman–Crippen LogP) is 3.29. The van der Waals surface area contributed by atoms with Crippen molar-refractivity contribution in [1.29, 1.82) is 0 Å². The number of pyridine rings is 1. The van der Waals surface area contributed by atoms with Crippen molar-refractivity contribution in [2.45, 2.75) is 32.4 Å². The molecule has 5 heteroatoms. The van der Waals surface area contributed by atoms with E-state index in [-0.39, 0.29) is 6.03 Å². The molecule has 0 radical (unpaired) electrons. The molecule has 0 spiro atoms. The first-order valence-corrected chi connectivity index (χ1v) is 7.52. The van der Waals surface area contributed by atoms with Crippen molar-refractivity contribution < 1.29 is 4.79 Å². The van der Waals surface area contributed by atoms with Gasteiger partial charge >= 0.3 is 6.03 Å². The number of aryl methyl sites for hydroxylation is 1. The summed E-state index contributed by atoms with van der Waals surface area (Å²) in [6.45, 7) is 2.85. The summed E-state index contributed by atoms with van der Waals surface area (Å²) < 4.78 is 0. The second-order valence-electron chi connectivity index (χ2n) is 5.58. The minimum absolute atomic E-state index is 0.185. The van der Waals surface area contributed by atoms with Gasteiger partial charge in [0.05, 0.1) is 11.9 Å². The number of urea groups is 1. The van der Waals surface area contributed by atoms with E-state index in [0.717, 1.165) is 25.1 Å². The number of carbonyl (C=O) groups excluding carboxylic acids is 1. The molecule has 1 aromatic carbocycles. The van der Waals surface area contributed by atoms with Crippen LogP contribution in [0.5, 0.6) is 0 Å². The van der Waals surface area contributed by atoms with Crippen LogP contribution in [-0.2, 0) is 6.54 Å². The zero-order valence-electron chi connectivity index (χ0n) is 12.6. The first-order chi connectivity index (χ1) is 10.7. The predicted molar refractivity (Wildman–Crippen MR) is 87.9 cm³/mol. The molecular weight excluding hydrogens is 276 g/mol. The Hall–Kier alpha value is -2.56. The van der Waals surface area contributed by atoms with Crippen molar-refractivity contribution >= 4 is 17.5 Å². The minimum atomic E-state index is -0.185. The third-order valence-corrected chi connectivity index (χ3v) is 3.66. The van der Waals surface area contributed by atoms with Gasteiger partial charge in [-0.1, -0.05) is 24.3 Å². The summed E-state index contributed by atoms with van der Waals surface area (Å²) in [6, 6.07) is 12.1. The van der Waals surface area contributed by atoms with Crippen LogP contribution in [0.1, 0.15) is 24.0 Å². The number of rotatable bonds is 5. The fourth-order valence-electron chi connectivity index (χ4n) is 2.14. The Morgan fingerprint density at radius 2 is 2.05 bits per heavy atom. The van der Waals surface area contributed by atoms with Crippen LogP contribution in [0.25, 0.3) is 0 Å². The lowest BCUT2D eigenvalue weighted by atomic mass is 10.1. The van der Waals surface area contributed by atoms with Crippen LogP contribution in [0.15, 0.2) is 42.6 Å². The maximum Gasteiger partial charge on any atom is 0.320 e. The lowest BCUT2D eigenvalue weighted by molar-refractivity contribution is 0.251. The maximum atomic E-state index is 11.6. The van der Waals surface area contributed by atoms with Crippen molar-refractivity contribution in [1.82, 2.24) is 10.3 Å². The molecule has 1 heterocycles. The van der Waals surface area contributed by atoms with Gasteiger partial charge in [0.2, 0.25) is 0 Å². The topological polar surface area (TPSA) is 66.0 Å². The summed E-state index contributed by atoms with van der Waals surface area (Å²) in [7, 11) is 0. The van der Waals surface area contributed by atoms with Crippen LogP contribution in [0.4, 0.5) is 16.3 Å². The highest BCUT2D eigenvalue weighted by Crippen LogP contribution is 2.19. The molecule has 114 valence electrons. The van der Waals surface area contributed by atoms with Crippen molar-refractivity contribution in [2.24, 2.45) is 0 Å². The second kappa shape index (κ2) is 6.47. The van der Waals surface area contributed by atoms with Crippen LogP contribution in [-0.4, -0.2) is 17.1 Å². The third kappa shape index (κ3) is 3.97. The number of carbonyl (C=O) groups is 1. The Labute approximate surface area is 130 Å². The molecule has 0 aliphatic heterocycles. The van der Waals surface area contributed by atoms with Gasteiger partial charge in [-0.3, -0.25) is 5.32 Å². The lowest BCUT2D eigenvalue weighted by Gasteiger charge is -2.10. The highest BCUT2D eigenvalue weighted by molar-refractivity contribution is 5.88. The molecule has 0 atom stereocenters. The molecule has 5 nitrogen and oxygen atoms in total. The average molecular weight is 296 g/mol. The summed E-state index contributed by atoms with van der Waals surface area (Å²) in [5, 5.41) is 8.93. The molecule has 0 saturated heterocycles. The van der Waals surface area contributed by atoms with Crippen molar-refractivity contribution in [3.05, 3.63) is 53.7 Å². The van der Waals surface area contributed by atoms with Crippen LogP contribution in [0.2, 0.25) is 0 Å². The van der Waals surface area contributed by atoms with Crippen LogP contribution < -0.4 is 16.0 Å². The Bertz CT molecular complexity index is 650. The van der Waals surface area contributed by atoms with Gasteiger partial charge < -0.3 is 10.6 Å². The normalized spacial score (nSPS) is 13.5. The zero-order valence-corrected chi connectivity index (χ0v) is 12.6. The number of hydrogen-bond donors (Lipinski definition) is 3. The summed E-state index contributed by atoms with van der Waals surface area (Å²) in [5.74, 6) is 0.555. The molecule has 3 rings (SSSR count). The highest BCUT2D eigenvalue weighted by atomic mass is 16.2. The summed E-state index contributed by atoms with van der Waals surface area (Å²) in [4.78, 5) is 15.9. The third-order valence-electron chi connectivity index (χ3n) is 3.66. The van der Waals surface area contributed by atoms with E-state index < -0.39 is 0 Å². The number of amides is 2. The van der Waals surface area contributed by atoms with E-state index in [4.69, 9.17) is 0 Å². The summed E-state index contributed by atoms with van der Waals surface area (Å²) in [6.07, 6.45) is 3.87. The van der Waals surface area contributed by atoms with Crippen molar-refractivity contribution in [3.8, 4) is 0 Å². The first-order valence-electron chi connectivity index (χ1n) is 7.52. The number of benzene rings is 1. The Balaban J connectivity index is 1.52. The van der Waals surface area contributed by atoms with Gasteiger partial charge in [0.1, 0.15) is 5.82 Å². The average Bonchev–Trinajstić information content (AvgIpc) is 3.32. The number of nitrogens with one attached hydrogen (secondary N) is 3. The molecule has 1 saturated carbocycles. The van der Waals surface area contributed by atoms with E-state index in [2.05, 4.69) is 40.0 Å². The fourth-order valence-corrected chi connectivity index (χ4v) is 2.14. The van der Waals surface area contributed by atoms with Gasteiger partial charge in [-0.25, -0.2) is 9.78 Å². The summed E-state index contributed by atoms with van der Waals surface area (Å²) >= 11 is 0. The molecule has 0 unspecified atom stereocenters. The van der Waals surface area contributed by atoms with Crippen molar-refractivity contribution in [3.63, 3.8) is 0 Å². The van der Waals surface area contributed by atoms with E-state index in [0.29, 0.717) is 11.9 Å². The van der Waals surface area contributed by atoms with Gasteiger partial charge in [-0.15, -0.1) is 0 Å². The molecule has 22 heavy (non-hydrogen) atoms. The van der Waals surface area contributed by atoms with Crippen LogP contribution in [0, 0.1) is 6.92 Å². The second-order valence-corrected chi connectivity index (χ2v) is 5.58. The maximum absolute atomic E-state index is 11.6. The first kappa shape index (κ1) is 14.4. The summed E-state index contributed by atoms with van der Waals surface area (Å²) in [5.41, 5.74) is 3.45. The molecule has 1 fully saturated rings. The molecule has 2 amide bonds. The van der Waals surface area contributed by atoms with E-state index in [1.165, 1.54) is 11.1 Å². The number of aromatic nitrogens is 1.